The van der Waals surface area contributed by atoms with Crippen LogP contribution in [0.3, 0.4) is 0 Å². The van der Waals surface area contributed by atoms with Crippen molar-refractivity contribution in [3.8, 4) is 5.75 Å². The van der Waals surface area contributed by atoms with Gasteiger partial charge in [0.25, 0.3) is 0 Å². The van der Waals surface area contributed by atoms with Crippen molar-refractivity contribution in [2.24, 2.45) is 0 Å². The first-order valence-corrected chi connectivity index (χ1v) is 7.66. The molecule has 0 aliphatic heterocycles. The summed E-state index contributed by atoms with van der Waals surface area (Å²) in [5.41, 5.74) is 0.949. The van der Waals surface area contributed by atoms with E-state index in [4.69, 9.17) is 4.74 Å². The smallest absolute Gasteiger partial charge is 0.136 e. The normalized spacial score (nSPS) is 13.9. The molecule has 110 valence electrons. The molecule has 2 N–H and O–H groups in total. The minimum absolute atomic E-state index is 0.515. The summed E-state index contributed by atoms with van der Waals surface area (Å²) < 4.78 is 6.14. The summed E-state index contributed by atoms with van der Waals surface area (Å²) in [4.78, 5) is 9.11. The van der Waals surface area contributed by atoms with Gasteiger partial charge in [-0.15, -0.1) is 0 Å². The number of hydrogen-bond acceptors (Lipinski definition) is 5. The second-order valence-corrected chi connectivity index (χ2v) is 5.85. The van der Waals surface area contributed by atoms with Crippen LogP contribution in [-0.2, 0) is 0 Å². The van der Waals surface area contributed by atoms with Crippen LogP contribution in [0.2, 0.25) is 0 Å². The highest BCUT2D eigenvalue weighted by Gasteiger charge is 2.27. The summed E-state index contributed by atoms with van der Waals surface area (Å²) in [6.45, 7) is 0. The first-order valence-electron chi connectivity index (χ1n) is 6.87. The maximum atomic E-state index is 5.24. The van der Waals surface area contributed by atoms with E-state index in [1.165, 1.54) is 12.8 Å². The summed E-state index contributed by atoms with van der Waals surface area (Å²) >= 11 is 3.49. The lowest BCUT2D eigenvalue weighted by Crippen LogP contribution is -2.03. The number of anilines is 3. The highest BCUT2D eigenvalue weighted by atomic mass is 79.9. The highest BCUT2D eigenvalue weighted by molar-refractivity contribution is 9.10. The molecule has 21 heavy (non-hydrogen) atoms. The molecule has 2 aromatic rings. The number of nitrogens with zero attached hydrogens (tertiary/aromatic N) is 2. The van der Waals surface area contributed by atoms with Crippen molar-refractivity contribution in [2.45, 2.75) is 18.8 Å². The monoisotopic (exact) mass is 348 g/mol. The van der Waals surface area contributed by atoms with E-state index in [-0.39, 0.29) is 0 Å². The minimum Gasteiger partial charge on any atom is -0.496 e. The molecule has 0 unspecified atom stereocenters. The maximum Gasteiger partial charge on any atom is 0.136 e. The third-order valence-electron chi connectivity index (χ3n) is 3.37. The van der Waals surface area contributed by atoms with E-state index in [0.29, 0.717) is 5.92 Å². The average Bonchev–Trinajstić information content (AvgIpc) is 3.32. The van der Waals surface area contributed by atoms with Gasteiger partial charge in [-0.2, -0.15) is 0 Å². The first-order chi connectivity index (χ1) is 10.2. The molecule has 0 bridgehead atoms. The van der Waals surface area contributed by atoms with Gasteiger partial charge in [0.2, 0.25) is 0 Å². The molecule has 0 radical (unpaired) electrons. The van der Waals surface area contributed by atoms with Gasteiger partial charge in [0.1, 0.15) is 23.2 Å². The Labute approximate surface area is 132 Å². The van der Waals surface area contributed by atoms with Crippen LogP contribution >= 0.6 is 15.9 Å². The topological polar surface area (TPSA) is 59.1 Å². The fourth-order valence-electron chi connectivity index (χ4n) is 2.07. The Balaban J connectivity index is 1.86. The Morgan fingerprint density at radius 3 is 2.57 bits per heavy atom. The fourth-order valence-corrected chi connectivity index (χ4v) is 2.61. The van der Waals surface area contributed by atoms with Gasteiger partial charge in [-0.3, -0.25) is 0 Å². The second kappa shape index (κ2) is 5.89. The number of halogens is 1. The Kier molecular flexibility index (Phi) is 3.96. The van der Waals surface area contributed by atoms with Crippen molar-refractivity contribution in [3.05, 3.63) is 34.6 Å². The standard InChI is InChI=1S/C15H17BrN4O/c1-17-13-8-14(20-15(19-13)9-3-4-9)18-10-5-6-12(21-2)11(16)7-10/h5-9H,3-4H2,1-2H3,(H2,17,18,19,20). The third kappa shape index (κ3) is 3.26. The van der Waals surface area contributed by atoms with E-state index in [9.17, 15) is 0 Å². The highest BCUT2D eigenvalue weighted by Crippen LogP contribution is 2.39. The molecule has 5 nitrogen and oxygen atoms in total. The van der Waals surface area contributed by atoms with E-state index in [2.05, 4.69) is 36.5 Å². The maximum absolute atomic E-state index is 5.24. The van der Waals surface area contributed by atoms with Crippen LogP contribution in [0.15, 0.2) is 28.7 Å². The molecule has 0 amide bonds. The predicted molar refractivity (Wildman–Crippen MR) is 87.5 cm³/mol. The molecule has 3 rings (SSSR count). The molecule has 0 spiro atoms. The van der Waals surface area contributed by atoms with Crippen molar-refractivity contribution in [1.29, 1.82) is 0 Å². The molecule has 1 aromatic carbocycles. The molecule has 1 saturated carbocycles. The van der Waals surface area contributed by atoms with Crippen molar-refractivity contribution in [1.82, 2.24) is 9.97 Å². The van der Waals surface area contributed by atoms with Gasteiger partial charge < -0.3 is 15.4 Å². The van der Waals surface area contributed by atoms with Crippen LogP contribution < -0.4 is 15.4 Å². The van der Waals surface area contributed by atoms with Crippen LogP contribution in [0.4, 0.5) is 17.3 Å². The van der Waals surface area contributed by atoms with Crippen LogP contribution in [-0.4, -0.2) is 24.1 Å². The van der Waals surface area contributed by atoms with Crippen molar-refractivity contribution in [2.75, 3.05) is 24.8 Å². The Morgan fingerprint density at radius 1 is 1.19 bits per heavy atom. The van der Waals surface area contributed by atoms with Crippen LogP contribution in [0.1, 0.15) is 24.6 Å². The van der Waals surface area contributed by atoms with Crippen LogP contribution in [0, 0.1) is 0 Å². The Hall–Kier alpha value is -1.82. The van der Waals surface area contributed by atoms with Gasteiger partial charge in [-0.05, 0) is 47.0 Å². The third-order valence-corrected chi connectivity index (χ3v) is 3.99. The largest absolute Gasteiger partial charge is 0.496 e. The summed E-state index contributed by atoms with van der Waals surface area (Å²) in [6.07, 6.45) is 2.36. The van der Waals surface area contributed by atoms with E-state index in [1.54, 1.807) is 7.11 Å². The predicted octanol–water partition coefficient (Wildman–Crippen LogP) is 3.91. The lowest BCUT2D eigenvalue weighted by Gasteiger charge is -2.11. The molecule has 0 atom stereocenters. The van der Waals surface area contributed by atoms with Gasteiger partial charge in [-0.25, -0.2) is 9.97 Å². The summed E-state index contributed by atoms with van der Waals surface area (Å²) in [6, 6.07) is 7.75. The molecular formula is C15H17BrN4O. The minimum atomic E-state index is 0.515. The average molecular weight is 349 g/mol. The van der Waals surface area contributed by atoms with E-state index >= 15 is 0 Å². The fraction of sp³-hybridized carbons (Fsp3) is 0.333. The van der Waals surface area contributed by atoms with Gasteiger partial charge in [-0.1, -0.05) is 0 Å². The Morgan fingerprint density at radius 2 is 1.95 bits per heavy atom. The van der Waals surface area contributed by atoms with Gasteiger partial charge in [0.15, 0.2) is 0 Å². The lowest BCUT2D eigenvalue weighted by atomic mass is 10.3. The summed E-state index contributed by atoms with van der Waals surface area (Å²) in [7, 11) is 3.52. The zero-order chi connectivity index (χ0) is 14.8. The van der Waals surface area contributed by atoms with Crippen molar-refractivity contribution < 1.29 is 4.74 Å². The number of benzene rings is 1. The first kappa shape index (κ1) is 14.1. The van der Waals surface area contributed by atoms with Crippen molar-refractivity contribution in [3.63, 3.8) is 0 Å². The summed E-state index contributed by atoms with van der Waals surface area (Å²) in [5, 5.41) is 6.40. The van der Waals surface area contributed by atoms with Gasteiger partial charge in [0.05, 0.1) is 11.6 Å². The number of methoxy groups -OCH3 is 1. The summed E-state index contributed by atoms with van der Waals surface area (Å²) in [5.74, 6) is 3.87. The van der Waals surface area contributed by atoms with Crippen LogP contribution in [0.5, 0.6) is 5.75 Å². The number of ether oxygens (including phenoxy) is 1. The second-order valence-electron chi connectivity index (χ2n) is 5.00. The number of aromatic nitrogens is 2. The molecule has 1 aliphatic rings. The molecule has 0 saturated heterocycles. The lowest BCUT2D eigenvalue weighted by molar-refractivity contribution is 0.412. The molecule has 1 aromatic heterocycles. The number of rotatable bonds is 5. The zero-order valence-electron chi connectivity index (χ0n) is 12.0. The van der Waals surface area contributed by atoms with E-state index < -0.39 is 0 Å². The molecule has 6 heteroatoms. The Bertz CT molecular complexity index is 658. The van der Waals surface area contributed by atoms with Gasteiger partial charge >= 0.3 is 0 Å². The molecular weight excluding hydrogens is 332 g/mol. The molecule has 1 heterocycles. The molecule has 1 aliphatic carbocycles. The number of hydrogen-bond donors (Lipinski definition) is 2. The number of nitrogens with one attached hydrogen (secondary N) is 2. The van der Waals surface area contributed by atoms with E-state index in [1.807, 2.05) is 31.3 Å². The zero-order valence-corrected chi connectivity index (χ0v) is 13.6. The van der Waals surface area contributed by atoms with E-state index in [0.717, 1.165) is 33.4 Å². The van der Waals surface area contributed by atoms with Crippen LogP contribution in [0.25, 0.3) is 0 Å². The van der Waals surface area contributed by atoms with Gasteiger partial charge in [0, 0.05) is 24.7 Å². The van der Waals surface area contributed by atoms with Crippen molar-refractivity contribution >= 4 is 33.3 Å². The molecule has 1 fully saturated rings. The SMILES string of the molecule is CNc1cc(Nc2ccc(OC)c(Br)c2)nc(C2CC2)n1. The quantitative estimate of drug-likeness (QED) is 0.857.